The Labute approximate surface area is 207 Å². The van der Waals surface area contributed by atoms with Crippen molar-refractivity contribution in [3.05, 3.63) is 59.7 Å². The average molecular weight is 484 g/mol. The van der Waals surface area contributed by atoms with E-state index in [-0.39, 0.29) is 24.2 Å². The van der Waals surface area contributed by atoms with Crippen molar-refractivity contribution in [1.29, 1.82) is 0 Å². The molecule has 6 atom stereocenters. The number of hydrogen-bond donors (Lipinski definition) is 5. The van der Waals surface area contributed by atoms with E-state index in [1.165, 1.54) is 11.1 Å². The Morgan fingerprint density at radius 2 is 1.06 bits per heavy atom. The second kappa shape index (κ2) is 10.4. The molecule has 0 aromatic heterocycles. The topological polar surface area (TPSA) is 78.6 Å². The monoisotopic (exact) mass is 483 g/mol. The number of ether oxygens (including phenoxy) is 2. The SMILES string of the molecule is CC(C)COc1ccc(C2C3NNNC3C(c3ccc(OCC(C)C)cc3)C3NSNC32)cc1. The van der Waals surface area contributed by atoms with Crippen LogP contribution < -0.4 is 35.3 Å². The maximum absolute atomic E-state index is 5.92. The number of rotatable bonds is 8. The Balaban J connectivity index is 1.38. The summed E-state index contributed by atoms with van der Waals surface area (Å²) >= 11 is 1.62. The molecule has 2 aliphatic heterocycles. The highest BCUT2D eigenvalue weighted by Gasteiger charge is 2.55. The lowest BCUT2D eigenvalue weighted by molar-refractivity contribution is 0.223. The van der Waals surface area contributed by atoms with Crippen LogP contribution in [0.15, 0.2) is 48.5 Å². The van der Waals surface area contributed by atoms with Crippen molar-refractivity contribution in [3.8, 4) is 11.5 Å². The van der Waals surface area contributed by atoms with Crippen LogP contribution in [0.2, 0.25) is 0 Å². The fraction of sp³-hybridized carbons (Fsp3) is 0.538. The van der Waals surface area contributed by atoms with Gasteiger partial charge in [-0.25, -0.2) is 20.3 Å². The molecule has 0 spiro atoms. The molecule has 1 aliphatic carbocycles. The summed E-state index contributed by atoms with van der Waals surface area (Å²) in [5.41, 5.74) is 12.9. The number of nitrogens with one attached hydrogen (secondary N) is 5. The first-order chi connectivity index (χ1) is 16.5. The Hall–Kier alpha value is -1.81. The van der Waals surface area contributed by atoms with Crippen LogP contribution in [0.1, 0.15) is 50.7 Å². The molecule has 3 fully saturated rings. The van der Waals surface area contributed by atoms with Gasteiger partial charge in [0.15, 0.2) is 0 Å². The Morgan fingerprint density at radius 1 is 0.647 bits per heavy atom. The smallest absolute Gasteiger partial charge is 0.119 e. The second-order valence-corrected chi connectivity index (χ2v) is 11.1. The van der Waals surface area contributed by atoms with E-state index in [4.69, 9.17) is 9.47 Å². The van der Waals surface area contributed by atoms with Gasteiger partial charge in [0.1, 0.15) is 11.5 Å². The molecule has 2 aromatic rings. The maximum Gasteiger partial charge on any atom is 0.119 e. The number of hydrazine groups is 2. The Bertz CT molecular complexity index is 842. The van der Waals surface area contributed by atoms with Gasteiger partial charge >= 0.3 is 0 Å². The zero-order valence-corrected chi connectivity index (χ0v) is 21.2. The minimum absolute atomic E-state index is 0.235. The van der Waals surface area contributed by atoms with Crippen LogP contribution in [0.25, 0.3) is 0 Å². The van der Waals surface area contributed by atoms with Crippen LogP contribution in [0.3, 0.4) is 0 Å². The standard InChI is InChI=1S/C26H37N5O2S/c1-15(2)13-32-19-9-5-17(6-10-19)21-23-24(28-31-27-23)22(26-25(21)29-34-30-26)18-7-11-20(12-8-18)33-14-16(3)4/h5-12,15-16,21-31H,13-14H2,1-4H3. The summed E-state index contributed by atoms with van der Waals surface area (Å²) in [6.07, 6.45) is 0. The highest BCUT2D eigenvalue weighted by Crippen LogP contribution is 2.45. The van der Waals surface area contributed by atoms with E-state index in [9.17, 15) is 0 Å². The zero-order chi connectivity index (χ0) is 23.7. The summed E-state index contributed by atoms with van der Waals surface area (Å²) in [5, 5.41) is 0. The van der Waals surface area contributed by atoms with Crippen molar-refractivity contribution in [3.63, 3.8) is 0 Å². The van der Waals surface area contributed by atoms with Crippen molar-refractivity contribution in [2.75, 3.05) is 13.2 Å². The third-order valence-electron chi connectivity index (χ3n) is 6.89. The fourth-order valence-corrected chi connectivity index (χ4v) is 6.23. The quantitative estimate of drug-likeness (QED) is 0.366. The largest absolute Gasteiger partial charge is 0.493 e. The molecule has 5 rings (SSSR count). The van der Waals surface area contributed by atoms with Crippen molar-refractivity contribution in [2.24, 2.45) is 11.8 Å². The summed E-state index contributed by atoms with van der Waals surface area (Å²) in [7, 11) is 0. The molecule has 6 unspecified atom stereocenters. The summed E-state index contributed by atoms with van der Waals surface area (Å²) < 4.78 is 19.2. The molecule has 2 saturated heterocycles. The van der Waals surface area contributed by atoms with Gasteiger partial charge in [0, 0.05) is 48.1 Å². The van der Waals surface area contributed by atoms with Gasteiger partial charge in [0.25, 0.3) is 0 Å². The van der Waals surface area contributed by atoms with Gasteiger partial charge in [-0.3, -0.25) is 0 Å². The van der Waals surface area contributed by atoms with E-state index in [0.29, 0.717) is 23.7 Å². The number of fused-ring (bicyclic) bond motifs is 2. The minimum atomic E-state index is 0.235. The second-order valence-electron chi connectivity index (χ2n) is 10.5. The lowest BCUT2D eigenvalue weighted by Gasteiger charge is -2.45. The van der Waals surface area contributed by atoms with E-state index in [1.807, 2.05) is 0 Å². The molecular formula is C26H37N5O2S. The van der Waals surface area contributed by atoms with Crippen molar-refractivity contribution in [1.82, 2.24) is 25.8 Å². The van der Waals surface area contributed by atoms with E-state index in [2.05, 4.69) is 102 Å². The summed E-state index contributed by atoms with van der Waals surface area (Å²) in [6.45, 7) is 10.1. The van der Waals surface area contributed by atoms with Crippen LogP contribution in [-0.4, -0.2) is 37.4 Å². The van der Waals surface area contributed by atoms with Crippen molar-refractivity contribution >= 4 is 12.1 Å². The van der Waals surface area contributed by atoms with Gasteiger partial charge < -0.3 is 9.47 Å². The first-order valence-electron chi connectivity index (χ1n) is 12.4. The van der Waals surface area contributed by atoms with Gasteiger partial charge in [-0.2, -0.15) is 5.53 Å². The molecule has 0 amide bonds. The molecule has 8 heteroatoms. The molecule has 2 heterocycles. The van der Waals surface area contributed by atoms with Crippen molar-refractivity contribution in [2.45, 2.75) is 63.7 Å². The lowest BCUT2D eigenvalue weighted by Crippen LogP contribution is -2.61. The van der Waals surface area contributed by atoms with Crippen LogP contribution in [0, 0.1) is 11.8 Å². The molecular weight excluding hydrogens is 446 g/mol. The number of hydrogen-bond acceptors (Lipinski definition) is 8. The predicted octanol–water partition coefficient (Wildman–Crippen LogP) is 3.48. The summed E-state index contributed by atoms with van der Waals surface area (Å²) in [4.78, 5) is 0. The molecule has 5 N–H and O–H groups in total. The van der Waals surface area contributed by atoms with Gasteiger partial charge in [0.05, 0.1) is 13.2 Å². The Morgan fingerprint density at radius 3 is 1.44 bits per heavy atom. The first-order valence-corrected chi connectivity index (χ1v) is 13.2. The van der Waals surface area contributed by atoms with Crippen LogP contribution in [0.4, 0.5) is 0 Å². The number of benzene rings is 2. The fourth-order valence-electron chi connectivity index (χ4n) is 5.30. The minimum Gasteiger partial charge on any atom is -0.493 e. The molecule has 1 saturated carbocycles. The normalized spacial score (nSPS) is 30.4. The van der Waals surface area contributed by atoms with E-state index < -0.39 is 0 Å². The van der Waals surface area contributed by atoms with Gasteiger partial charge in [-0.15, -0.1) is 0 Å². The Kier molecular flexibility index (Phi) is 7.34. The molecule has 34 heavy (non-hydrogen) atoms. The van der Waals surface area contributed by atoms with E-state index in [1.54, 1.807) is 12.1 Å². The lowest BCUT2D eigenvalue weighted by atomic mass is 9.65. The van der Waals surface area contributed by atoms with E-state index >= 15 is 0 Å². The summed E-state index contributed by atoms with van der Waals surface area (Å²) in [5.74, 6) is 3.48. The molecule has 0 radical (unpaired) electrons. The summed E-state index contributed by atoms with van der Waals surface area (Å²) in [6, 6.07) is 18.3. The zero-order valence-electron chi connectivity index (χ0n) is 20.4. The third-order valence-corrected chi connectivity index (χ3v) is 7.67. The average Bonchev–Trinajstić information content (AvgIpc) is 3.51. The first kappa shape index (κ1) is 23.9. The highest BCUT2D eigenvalue weighted by atomic mass is 32.2. The van der Waals surface area contributed by atoms with Gasteiger partial charge in [-0.05, 0) is 47.2 Å². The van der Waals surface area contributed by atoms with Crippen LogP contribution >= 0.6 is 12.1 Å². The molecule has 7 nitrogen and oxygen atoms in total. The maximum atomic E-state index is 5.92. The predicted molar refractivity (Wildman–Crippen MR) is 137 cm³/mol. The van der Waals surface area contributed by atoms with Gasteiger partial charge in [-0.1, -0.05) is 52.0 Å². The molecule has 3 aliphatic rings. The van der Waals surface area contributed by atoms with E-state index in [0.717, 1.165) is 24.7 Å². The molecule has 0 bridgehead atoms. The van der Waals surface area contributed by atoms with Crippen LogP contribution in [-0.2, 0) is 0 Å². The van der Waals surface area contributed by atoms with Crippen LogP contribution in [0.5, 0.6) is 11.5 Å². The van der Waals surface area contributed by atoms with Gasteiger partial charge in [0.2, 0.25) is 0 Å². The molecule has 184 valence electrons. The molecule has 2 aromatic carbocycles. The van der Waals surface area contributed by atoms with Crippen molar-refractivity contribution < 1.29 is 9.47 Å². The third kappa shape index (κ3) is 4.94. The highest BCUT2D eigenvalue weighted by molar-refractivity contribution is 7.95.